The molecule has 0 aromatic rings. The van der Waals surface area contributed by atoms with Gasteiger partial charge < -0.3 is 69.1 Å². The molecule has 0 spiro atoms. The molecule has 51 heavy (non-hydrogen) atoms. The molecule has 22 heteroatoms. The summed E-state index contributed by atoms with van der Waals surface area (Å²) in [6, 6.07) is -8.95. The molecule has 0 aromatic carbocycles. The summed E-state index contributed by atoms with van der Waals surface area (Å²) in [5, 5.41) is 49.4. The van der Waals surface area contributed by atoms with Gasteiger partial charge in [0.15, 0.2) is 0 Å². The van der Waals surface area contributed by atoms with E-state index in [-0.39, 0.29) is 19.4 Å². The summed E-state index contributed by atoms with van der Waals surface area (Å²) in [7, 11) is 0. The second kappa shape index (κ2) is 21.3. The number of aliphatic carboxylic acids is 2. The number of amides is 7. The molecule has 288 valence electrons. The summed E-state index contributed by atoms with van der Waals surface area (Å²) >= 11 is 0. The van der Waals surface area contributed by atoms with Crippen LogP contribution in [0.1, 0.15) is 58.8 Å². The van der Waals surface area contributed by atoms with Crippen LogP contribution in [0.3, 0.4) is 0 Å². The summed E-state index contributed by atoms with van der Waals surface area (Å²) in [5.41, 5.74) is 16.2. The van der Waals surface area contributed by atoms with Crippen molar-refractivity contribution in [2.45, 2.75) is 107 Å². The van der Waals surface area contributed by atoms with E-state index in [1.165, 1.54) is 11.8 Å². The van der Waals surface area contributed by atoms with Gasteiger partial charge in [0.25, 0.3) is 0 Å². The Hall–Kier alpha value is -4.93. The first-order valence-electron chi connectivity index (χ1n) is 16.1. The third-order valence-electron chi connectivity index (χ3n) is 7.76. The van der Waals surface area contributed by atoms with E-state index in [0.29, 0.717) is 25.8 Å². The molecule has 22 nitrogen and oxygen atoms in total. The van der Waals surface area contributed by atoms with Crippen molar-refractivity contribution in [1.29, 1.82) is 0 Å². The van der Waals surface area contributed by atoms with Gasteiger partial charge in [0.1, 0.15) is 36.3 Å². The third kappa shape index (κ3) is 14.8. The Labute approximate surface area is 292 Å². The number of carboxylic acids is 2. The third-order valence-corrected chi connectivity index (χ3v) is 7.76. The normalized spacial score (nSPS) is 18.1. The number of likely N-dealkylation sites (tertiary alicyclic amines) is 1. The van der Waals surface area contributed by atoms with Gasteiger partial charge in [0.2, 0.25) is 41.4 Å². The first kappa shape index (κ1) is 44.1. The molecule has 15 N–H and O–H groups in total. The predicted molar refractivity (Wildman–Crippen MR) is 173 cm³/mol. The molecule has 0 aliphatic carbocycles. The molecular formula is C29H49N9O13. The quantitative estimate of drug-likeness (QED) is 0.0461. The second-order valence-corrected chi connectivity index (χ2v) is 12.0. The number of nitrogens with two attached hydrogens (primary N) is 3. The van der Waals surface area contributed by atoms with Crippen LogP contribution in [0, 0.1) is 0 Å². The average Bonchev–Trinajstić information content (AvgIpc) is 3.53. The van der Waals surface area contributed by atoms with Crippen molar-refractivity contribution < 1.29 is 63.6 Å². The zero-order chi connectivity index (χ0) is 39.0. The lowest BCUT2D eigenvalue weighted by Crippen LogP contribution is -2.61. The van der Waals surface area contributed by atoms with E-state index >= 15 is 0 Å². The number of hydrogen-bond donors (Lipinski definition) is 12. The molecule has 8 unspecified atom stereocenters. The molecule has 7 amide bonds. The number of nitrogens with zero attached hydrogens (tertiary/aromatic N) is 1. The standard InChI is InChI=1S/C29H49N9O13/c1-13(39)22(32)26(47)35-15(6-3-4-8-30)28(49)38-9-5-7-18(38)25(46)37-23(14(2)40)27(48)36-16(11-21(43)44)24(45)33-12-20(42)34-17(29(50)51)10-19(31)41/h13-18,22-23,39-40H,3-12,30,32H2,1-2H3,(H2,31,41)(H,33,45)(H,34,42)(H,35,47)(H,36,48)(H,37,46)(H,43,44)(H,50,51). The van der Waals surface area contributed by atoms with Crippen LogP contribution in [-0.4, -0.2) is 147 Å². The van der Waals surface area contributed by atoms with Crippen LogP contribution < -0.4 is 43.8 Å². The van der Waals surface area contributed by atoms with Crippen LogP contribution in [-0.2, 0) is 43.2 Å². The summed E-state index contributed by atoms with van der Waals surface area (Å²) in [6.07, 6.45) is -3.01. The van der Waals surface area contributed by atoms with E-state index in [0.717, 1.165) is 6.92 Å². The minimum absolute atomic E-state index is 0.0956. The second-order valence-electron chi connectivity index (χ2n) is 12.0. The Morgan fingerprint density at radius 3 is 1.96 bits per heavy atom. The van der Waals surface area contributed by atoms with Crippen LogP contribution in [0.5, 0.6) is 0 Å². The van der Waals surface area contributed by atoms with Gasteiger partial charge in [-0.15, -0.1) is 0 Å². The molecule has 1 aliphatic heterocycles. The minimum atomic E-state index is -1.85. The monoisotopic (exact) mass is 731 g/mol. The number of aliphatic hydroxyl groups is 2. The highest BCUT2D eigenvalue weighted by atomic mass is 16.4. The van der Waals surface area contributed by atoms with Crippen molar-refractivity contribution in [2.24, 2.45) is 17.2 Å². The molecule has 1 rings (SSSR count). The maximum Gasteiger partial charge on any atom is 0.326 e. The van der Waals surface area contributed by atoms with Crippen molar-refractivity contribution >= 4 is 53.3 Å². The van der Waals surface area contributed by atoms with Crippen molar-refractivity contribution in [3.63, 3.8) is 0 Å². The van der Waals surface area contributed by atoms with Crippen LogP contribution in [0.25, 0.3) is 0 Å². The molecule has 1 aliphatic rings. The molecule has 0 bridgehead atoms. The van der Waals surface area contributed by atoms with Gasteiger partial charge in [-0.1, -0.05) is 0 Å². The van der Waals surface area contributed by atoms with Crippen molar-refractivity contribution in [1.82, 2.24) is 31.5 Å². The van der Waals surface area contributed by atoms with Crippen LogP contribution >= 0.6 is 0 Å². The van der Waals surface area contributed by atoms with E-state index in [1.807, 2.05) is 10.6 Å². The van der Waals surface area contributed by atoms with E-state index in [2.05, 4.69) is 16.0 Å². The molecule has 0 aromatic heterocycles. The first-order chi connectivity index (χ1) is 23.8. The molecule has 0 saturated carbocycles. The van der Waals surface area contributed by atoms with Gasteiger partial charge >= 0.3 is 11.9 Å². The number of carbonyl (C=O) groups excluding carboxylic acids is 7. The van der Waals surface area contributed by atoms with Crippen molar-refractivity contribution in [2.75, 3.05) is 19.6 Å². The Morgan fingerprint density at radius 1 is 0.804 bits per heavy atom. The predicted octanol–water partition coefficient (Wildman–Crippen LogP) is -6.31. The van der Waals surface area contributed by atoms with Gasteiger partial charge in [-0.05, 0) is 52.5 Å². The molecule has 1 heterocycles. The summed E-state index contributed by atoms with van der Waals surface area (Å²) < 4.78 is 0. The smallest absolute Gasteiger partial charge is 0.326 e. The lowest BCUT2D eigenvalue weighted by atomic mass is 10.0. The maximum atomic E-state index is 13.6. The number of hydrogen-bond acceptors (Lipinski definition) is 13. The number of rotatable bonds is 22. The molecule has 1 fully saturated rings. The zero-order valence-electron chi connectivity index (χ0n) is 28.3. The fourth-order valence-corrected chi connectivity index (χ4v) is 4.98. The van der Waals surface area contributed by atoms with E-state index < -0.39 is 121 Å². The number of nitrogens with one attached hydrogen (secondary N) is 5. The largest absolute Gasteiger partial charge is 0.481 e. The summed E-state index contributed by atoms with van der Waals surface area (Å²) in [6.45, 7) is 1.94. The maximum absolute atomic E-state index is 13.6. The van der Waals surface area contributed by atoms with Gasteiger partial charge in [0.05, 0.1) is 31.6 Å². The Kier molecular flexibility index (Phi) is 18.4. The van der Waals surface area contributed by atoms with Crippen molar-refractivity contribution in [3.05, 3.63) is 0 Å². The van der Waals surface area contributed by atoms with Crippen LogP contribution in [0.2, 0.25) is 0 Å². The highest BCUT2D eigenvalue weighted by Gasteiger charge is 2.40. The average molecular weight is 732 g/mol. The number of unbranched alkanes of at least 4 members (excludes halogenated alkanes) is 1. The Balaban J connectivity index is 3.06. The lowest BCUT2D eigenvalue weighted by molar-refractivity contribution is -0.144. The number of carboxylic acid groups (broad SMARTS) is 2. The summed E-state index contributed by atoms with van der Waals surface area (Å²) in [4.78, 5) is 113. The highest BCUT2D eigenvalue weighted by Crippen LogP contribution is 2.20. The minimum Gasteiger partial charge on any atom is -0.481 e. The summed E-state index contributed by atoms with van der Waals surface area (Å²) in [5.74, 6) is -10.00. The van der Waals surface area contributed by atoms with E-state index in [9.17, 15) is 58.5 Å². The molecule has 0 radical (unpaired) electrons. The van der Waals surface area contributed by atoms with Gasteiger partial charge in [-0.3, -0.25) is 38.4 Å². The van der Waals surface area contributed by atoms with Gasteiger partial charge in [-0.25, -0.2) is 4.79 Å². The van der Waals surface area contributed by atoms with E-state index in [1.54, 1.807) is 0 Å². The molecular weight excluding hydrogens is 682 g/mol. The number of aliphatic hydroxyl groups excluding tert-OH is 2. The topological polar surface area (TPSA) is 376 Å². The highest BCUT2D eigenvalue weighted by molar-refractivity contribution is 5.98. The Bertz CT molecular complexity index is 1300. The van der Waals surface area contributed by atoms with Crippen LogP contribution in [0.4, 0.5) is 0 Å². The molecule has 1 saturated heterocycles. The van der Waals surface area contributed by atoms with Crippen LogP contribution in [0.15, 0.2) is 0 Å². The fourth-order valence-electron chi connectivity index (χ4n) is 4.98. The first-order valence-corrected chi connectivity index (χ1v) is 16.1. The SMILES string of the molecule is CC(O)C(N)C(=O)NC(CCCCN)C(=O)N1CCCC1C(=O)NC(C(=O)NC(CC(=O)O)C(=O)NCC(=O)NC(CC(N)=O)C(=O)O)C(C)O. The fraction of sp³-hybridized carbons (Fsp3) is 0.690. The Morgan fingerprint density at radius 2 is 1.43 bits per heavy atom. The lowest BCUT2D eigenvalue weighted by Gasteiger charge is -2.31. The number of carbonyl (C=O) groups is 9. The van der Waals surface area contributed by atoms with Gasteiger partial charge in [0, 0.05) is 6.54 Å². The van der Waals surface area contributed by atoms with Gasteiger partial charge in [-0.2, -0.15) is 0 Å². The molecule has 8 atom stereocenters. The van der Waals surface area contributed by atoms with Crippen molar-refractivity contribution in [3.8, 4) is 0 Å². The zero-order valence-corrected chi connectivity index (χ0v) is 28.3. The number of primary amides is 1. The van der Waals surface area contributed by atoms with E-state index in [4.69, 9.17) is 22.3 Å².